The van der Waals surface area contributed by atoms with Gasteiger partial charge in [0.1, 0.15) is 0 Å². The molecule has 0 saturated heterocycles. The number of nitrogens with zero attached hydrogens (tertiary/aromatic N) is 4. The van der Waals surface area contributed by atoms with Gasteiger partial charge in [-0.3, -0.25) is 0 Å². The molecule has 4 heterocycles. The average Bonchev–Trinajstić information content (AvgIpc) is 4.00. The summed E-state index contributed by atoms with van der Waals surface area (Å²) in [5, 5.41) is 13.1. The van der Waals surface area contributed by atoms with E-state index in [1.54, 1.807) is 3.57 Å². The molecule has 0 bridgehead atoms. The summed E-state index contributed by atoms with van der Waals surface area (Å²) in [4.78, 5) is 11.1. The molecule has 0 atom stereocenters. The molecule has 0 saturated carbocycles. The maximum absolute atomic E-state index is 5.55. The van der Waals surface area contributed by atoms with Crippen LogP contribution in [0.15, 0.2) is 249 Å². The fourth-order valence-electron chi connectivity index (χ4n) is 12.0. The number of fused-ring (bicyclic) bond motifs is 3. The number of rotatable bonds is 7. The van der Waals surface area contributed by atoms with Gasteiger partial charge in [-0.1, -0.05) is 60.7 Å². The van der Waals surface area contributed by atoms with E-state index in [4.69, 9.17) is 9.97 Å². The van der Waals surface area contributed by atoms with Crippen molar-refractivity contribution in [2.24, 2.45) is 0 Å². The summed E-state index contributed by atoms with van der Waals surface area (Å²) < 4.78 is 8.89. The molecular formula is C69H43IN4. The van der Waals surface area contributed by atoms with Gasteiger partial charge in [0.05, 0.1) is 0 Å². The minimum absolute atomic E-state index is 0.641. The molecule has 0 spiro atoms. The summed E-state index contributed by atoms with van der Waals surface area (Å²) in [5.41, 5.74) is 15.7. The van der Waals surface area contributed by atoms with E-state index in [-0.39, 0.29) is 0 Å². The molecular weight excluding hydrogens is 1010 g/mol. The minimum atomic E-state index is -2.01. The maximum atomic E-state index is 5.55. The second kappa shape index (κ2) is 16.3. The summed E-state index contributed by atoms with van der Waals surface area (Å²) in [6.45, 7) is 0. The molecule has 0 N–H and O–H groups in total. The van der Waals surface area contributed by atoms with Crippen molar-refractivity contribution in [2.75, 3.05) is 0 Å². The third kappa shape index (κ3) is 6.39. The van der Waals surface area contributed by atoms with E-state index in [9.17, 15) is 0 Å². The Kier molecular flexibility index (Phi) is 9.18. The number of halogens is 1. The van der Waals surface area contributed by atoms with Crippen molar-refractivity contribution in [1.29, 1.82) is 0 Å². The molecule has 4 nitrogen and oxygen atoms in total. The van der Waals surface area contributed by atoms with Crippen molar-refractivity contribution in [3.05, 3.63) is 261 Å². The standard InChI is InChI=1S/C69H43IN4/c1-3-11-43(12-4-1)45-23-27-47(28-24-45)59-41-60(48-29-25-46(26-30-48)44-13-5-2-6-14-44)72-69(71-59)74-61-37-35-54(70-42-53-19-7-15-49-31-32-50-16-8-20-58(70)66(50)65(49)53)39-56(61)57-40-55(36-38-62(57)74)73-63-21-9-17-51-33-34-52-18-10-22-64(73)68(52)67(51)63/h1-41H,42H2. The molecule has 15 aromatic rings. The van der Waals surface area contributed by atoms with Gasteiger partial charge in [0.15, 0.2) is 0 Å². The van der Waals surface area contributed by atoms with Crippen LogP contribution in [0.5, 0.6) is 0 Å². The first-order valence-corrected chi connectivity index (χ1v) is 29.0. The Morgan fingerprint density at radius 2 is 0.811 bits per heavy atom. The molecule has 0 aliphatic carbocycles. The van der Waals surface area contributed by atoms with E-state index in [1.807, 2.05) is 0 Å². The predicted molar refractivity (Wildman–Crippen MR) is 318 cm³/mol. The largest absolute Gasteiger partial charge is 0.0617 e. The fourth-order valence-corrected chi connectivity index (χ4v) is 18.2. The molecule has 0 unspecified atom stereocenters. The molecule has 1 aliphatic heterocycles. The summed E-state index contributed by atoms with van der Waals surface area (Å²) in [5.74, 6) is 0.641. The van der Waals surface area contributed by atoms with E-state index >= 15 is 0 Å². The van der Waals surface area contributed by atoms with Crippen molar-refractivity contribution in [1.82, 2.24) is 19.1 Å². The SMILES string of the molecule is c1ccc(-c2ccc(-c3cc(-c4ccc(-c5ccccc5)cc4)nc(-n4c5ccc(-n6c7cccc8ccc9cccc6c9c87)cc5c5cc(I6Cc7cccc8ccc9cccc6c9c78)ccc54)n3)cc2)cc1. The van der Waals surface area contributed by atoms with Crippen LogP contribution in [0, 0.1) is 7.14 Å². The molecule has 16 rings (SSSR count). The second-order valence-electron chi connectivity index (χ2n) is 19.6. The summed E-state index contributed by atoms with van der Waals surface area (Å²) in [6, 6.07) is 91.8. The van der Waals surface area contributed by atoms with Gasteiger partial charge in [0.2, 0.25) is 0 Å². The first-order valence-electron chi connectivity index (χ1n) is 25.3. The van der Waals surface area contributed by atoms with Gasteiger partial charge in [-0.05, 0) is 11.1 Å². The quantitative estimate of drug-likeness (QED) is 0.0906. The van der Waals surface area contributed by atoms with Crippen molar-refractivity contribution >= 4 is 95.7 Å². The van der Waals surface area contributed by atoms with Crippen LogP contribution < -0.4 is 0 Å². The topological polar surface area (TPSA) is 35.6 Å². The van der Waals surface area contributed by atoms with E-state index in [0.29, 0.717) is 5.95 Å². The number of hydrogen-bond donors (Lipinski definition) is 0. The Labute approximate surface area is 434 Å². The van der Waals surface area contributed by atoms with Crippen LogP contribution in [0.3, 0.4) is 0 Å². The minimum Gasteiger partial charge on any atom is -0.0617 e. The molecule has 5 heteroatoms. The summed E-state index contributed by atoms with van der Waals surface area (Å²) in [7, 11) is 0. The number of hydrogen-bond acceptors (Lipinski definition) is 2. The van der Waals surface area contributed by atoms with Crippen molar-refractivity contribution in [3.8, 4) is 56.4 Å². The monoisotopic (exact) mass is 1050 g/mol. The van der Waals surface area contributed by atoms with Crippen LogP contribution >= 0.6 is 19.8 Å². The third-order valence-corrected chi connectivity index (χ3v) is 21.6. The van der Waals surface area contributed by atoms with Gasteiger partial charge in [0, 0.05) is 0 Å². The summed E-state index contributed by atoms with van der Waals surface area (Å²) >= 11 is -2.01. The first kappa shape index (κ1) is 41.7. The van der Waals surface area contributed by atoms with Gasteiger partial charge in [0.25, 0.3) is 0 Å². The smallest absolute Gasteiger partial charge is 0.0544 e. The predicted octanol–water partition coefficient (Wildman–Crippen LogP) is 18.3. The zero-order chi connectivity index (χ0) is 48.4. The van der Waals surface area contributed by atoms with Gasteiger partial charge < -0.3 is 0 Å². The van der Waals surface area contributed by atoms with Crippen LogP contribution in [0.25, 0.3) is 132 Å². The zero-order valence-electron chi connectivity index (χ0n) is 40.0. The summed E-state index contributed by atoms with van der Waals surface area (Å²) in [6.07, 6.45) is 0. The van der Waals surface area contributed by atoms with Gasteiger partial charge in [-0.2, -0.15) is 0 Å². The second-order valence-corrected chi connectivity index (χ2v) is 24.8. The van der Waals surface area contributed by atoms with Gasteiger partial charge in [-0.25, -0.2) is 0 Å². The van der Waals surface area contributed by atoms with E-state index in [0.717, 1.165) is 43.7 Å². The van der Waals surface area contributed by atoms with Gasteiger partial charge in [-0.15, -0.1) is 0 Å². The van der Waals surface area contributed by atoms with Crippen LogP contribution in [-0.2, 0) is 4.43 Å². The van der Waals surface area contributed by atoms with Crippen LogP contribution in [0.2, 0.25) is 0 Å². The molecule has 0 radical (unpaired) electrons. The van der Waals surface area contributed by atoms with Crippen LogP contribution in [0.1, 0.15) is 5.56 Å². The molecule has 0 fully saturated rings. The third-order valence-electron chi connectivity index (χ3n) is 15.5. The van der Waals surface area contributed by atoms with Crippen molar-refractivity contribution in [2.45, 2.75) is 4.43 Å². The molecule has 3 aromatic heterocycles. The molecule has 74 heavy (non-hydrogen) atoms. The molecule has 346 valence electrons. The van der Waals surface area contributed by atoms with E-state index in [1.165, 1.54) is 96.3 Å². The zero-order valence-corrected chi connectivity index (χ0v) is 42.2. The Balaban J connectivity index is 0.936. The van der Waals surface area contributed by atoms with Gasteiger partial charge >= 0.3 is 365 Å². The van der Waals surface area contributed by atoms with Crippen LogP contribution in [-0.4, -0.2) is 19.1 Å². The average molecular weight is 1060 g/mol. The first-order chi connectivity index (χ1) is 36.7. The number of benzene rings is 12. The van der Waals surface area contributed by atoms with Crippen molar-refractivity contribution < 1.29 is 0 Å². The molecule has 0 amide bonds. The molecule has 12 aromatic carbocycles. The maximum Gasteiger partial charge on any atom is -0.0544 e. The Hall–Kier alpha value is -8.91. The fraction of sp³-hybridized carbons (Fsp3) is 0.0145. The number of alkyl halides is 1. The van der Waals surface area contributed by atoms with Crippen LogP contribution in [0.4, 0.5) is 0 Å². The Morgan fingerprint density at radius 3 is 1.41 bits per heavy atom. The normalized spacial score (nSPS) is 13.0. The molecule has 1 aliphatic rings. The van der Waals surface area contributed by atoms with E-state index < -0.39 is 19.8 Å². The van der Waals surface area contributed by atoms with E-state index in [2.05, 4.69) is 258 Å². The number of aromatic nitrogens is 4. The Bertz CT molecular complexity index is 4560. The van der Waals surface area contributed by atoms with Crippen molar-refractivity contribution in [3.63, 3.8) is 0 Å². The Morgan fingerprint density at radius 1 is 0.324 bits per heavy atom.